The van der Waals surface area contributed by atoms with E-state index in [2.05, 4.69) is 5.32 Å². The van der Waals surface area contributed by atoms with Crippen molar-refractivity contribution in [1.29, 1.82) is 0 Å². The van der Waals surface area contributed by atoms with Gasteiger partial charge in [-0.3, -0.25) is 9.59 Å². The molecule has 0 atom stereocenters. The smallest absolute Gasteiger partial charge is 0.282 e. The molecule has 2 heterocycles. The number of imide groups is 1. The van der Waals surface area contributed by atoms with Gasteiger partial charge in [-0.25, -0.2) is 4.90 Å². The van der Waals surface area contributed by atoms with Crippen LogP contribution in [-0.2, 0) is 9.59 Å². The summed E-state index contributed by atoms with van der Waals surface area (Å²) in [6, 6.07) is 18.1. The molecule has 0 aromatic heterocycles. The summed E-state index contributed by atoms with van der Waals surface area (Å²) in [6.45, 7) is 3.96. The molecule has 0 radical (unpaired) electrons. The molecular weight excluding hydrogens is 420 g/mol. The van der Waals surface area contributed by atoms with Crippen molar-refractivity contribution in [1.82, 2.24) is 0 Å². The van der Waals surface area contributed by atoms with Crippen LogP contribution in [0, 0.1) is 13.8 Å². The molecule has 0 aliphatic carbocycles. The zero-order chi connectivity index (χ0) is 23.1. The quantitative estimate of drug-likeness (QED) is 0.589. The lowest BCUT2D eigenvalue weighted by Gasteiger charge is -2.18. The fourth-order valence-corrected chi connectivity index (χ4v) is 3.97. The summed E-state index contributed by atoms with van der Waals surface area (Å²) >= 11 is 0. The van der Waals surface area contributed by atoms with Crippen LogP contribution in [0.25, 0.3) is 5.57 Å². The molecule has 5 rings (SSSR count). The molecular formula is C26H22N2O5. The first-order chi connectivity index (χ1) is 16.0. The van der Waals surface area contributed by atoms with Crippen molar-refractivity contribution in [3.8, 4) is 17.2 Å². The molecule has 2 aliphatic rings. The Morgan fingerprint density at radius 1 is 0.879 bits per heavy atom. The first-order valence-corrected chi connectivity index (χ1v) is 10.5. The van der Waals surface area contributed by atoms with Gasteiger partial charge >= 0.3 is 0 Å². The van der Waals surface area contributed by atoms with Gasteiger partial charge in [-0.1, -0.05) is 24.3 Å². The number of carbonyl (C=O) groups excluding carboxylic acids is 2. The second kappa shape index (κ2) is 8.02. The Hall–Kier alpha value is -4.26. The van der Waals surface area contributed by atoms with Crippen molar-refractivity contribution in [2.75, 3.05) is 24.1 Å². The molecule has 0 spiro atoms. The molecule has 2 amide bonds. The normalized spacial score (nSPS) is 14.8. The third kappa shape index (κ3) is 3.57. The Labute approximate surface area is 191 Å². The van der Waals surface area contributed by atoms with Crippen LogP contribution in [0.15, 0.2) is 66.4 Å². The number of nitrogens with zero attached hydrogens (tertiary/aromatic N) is 1. The predicted molar refractivity (Wildman–Crippen MR) is 125 cm³/mol. The van der Waals surface area contributed by atoms with E-state index in [1.807, 2.05) is 32.0 Å². The van der Waals surface area contributed by atoms with E-state index in [9.17, 15) is 9.59 Å². The molecule has 1 N–H and O–H groups in total. The van der Waals surface area contributed by atoms with E-state index in [4.69, 9.17) is 14.2 Å². The standard InChI is InChI=1S/C26H22N2O5/c1-15-4-5-16(2)20(12-15)28-25(29)23(17-6-9-19(31-3)10-7-17)24(26(28)30)27-18-8-11-21-22(13-18)33-14-32-21/h4-13,27H,14H2,1-3H3. The Kier molecular flexibility index (Phi) is 5.01. The van der Waals surface area contributed by atoms with Gasteiger partial charge in [-0.05, 0) is 60.9 Å². The maximum absolute atomic E-state index is 13.7. The Morgan fingerprint density at radius 3 is 2.39 bits per heavy atom. The van der Waals surface area contributed by atoms with Crippen LogP contribution in [0.2, 0.25) is 0 Å². The maximum Gasteiger partial charge on any atom is 0.282 e. The predicted octanol–water partition coefficient (Wildman–Crippen LogP) is 4.44. The van der Waals surface area contributed by atoms with E-state index in [-0.39, 0.29) is 18.4 Å². The maximum atomic E-state index is 13.7. The number of methoxy groups -OCH3 is 1. The number of hydrogen-bond donors (Lipinski definition) is 1. The van der Waals surface area contributed by atoms with Crippen LogP contribution in [0.1, 0.15) is 16.7 Å². The summed E-state index contributed by atoms with van der Waals surface area (Å²) in [5, 5.41) is 3.16. The van der Waals surface area contributed by atoms with Crippen molar-refractivity contribution >= 4 is 28.8 Å². The summed E-state index contributed by atoms with van der Waals surface area (Å²) < 4.78 is 16.1. The highest BCUT2D eigenvalue weighted by molar-refractivity contribution is 6.46. The minimum atomic E-state index is -0.419. The van der Waals surface area contributed by atoms with Crippen LogP contribution in [0.5, 0.6) is 17.2 Å². The van der Waals surface area contributed by atoms with Crippen molar-refractivity contribution < 1.29 is 23.8 Å². The van der Waals surface area contributed by atoms with Crippen molar-refractivity contribution in [3.05, 3.63) is 83.1 Å². The number of amides is 2. The van der Waals surface area contributed by atoms with Gasteiger partial charge in [-0.15, -0.1) is 0 Å². The lowest BCUT2D eigenvalue weighted by Crippen LogP contribution is -2.33. The number of anilines is 2. The topological polar surface area (TPSA) is 77.1 Å². The van der Waals surface area contributed by atoms with E-state index in [0.29, 0.717) is 39.8 Å². The highest BCUT2D eigenvalue weighted by atomic mass is 16.7. The van der Waals surface area contributed by atoms with Crippen molar-refractivity contribution in [3.63, 3.8) is 0 Å². The average Bonchev–Trinajstić information content (AvgIpc) is 3.38. The highest BCUT2D eigenvalue weighted by Gasteiger charge is 2.41. The molecule has 7 nitrogen and oxygen atoms in total. The Morgan fingerprint density at radius 2 is 1.64 bits per heavy atom. The molecule has 0 unspecified atom stereocenters. The molecule has 2 aliphatic heterocycles. The minimum absolute atomic E-state index is 0.149. The number of hydrogen-bond acceptors (Lipinski definition) is 6. The minimum Gasteiger partial charge on any atom is -0.497 e. The zero-order valence-electron chi connectivity index (χ0n) is 18.5. The fourth-order valence-electron chi connectivity index (χ4n) is 3.97. The van der Waals surface area contributed by atoms with E-state index >= 15 is 0 Å². The lowest BCUT2D eigenvalue weighted by molar-refractivity contribution is -0.120. The van der Waals surface area contributed by atoms with Crippen LogP contribution in [0.3, 0.4) is 0 Å². The van der Waals surface area contributed by atoms with Crippen LogP contribution >= 0.6 is 0 Å². The first-order valence-electron chi connectivity index (χ1n) is 10.5. The number of benzene rings is 3. The summed E-state index contributed by atoms with van der Waals surface area (Å²) in [4.78, 5) is 28.5. The van der Waals surface area contributed by atoms with Gasteiger partial charge in [0.25, 0.3) is 11.8 Å². The third-order valence-electron chi connectivity index (χ3n) is 5.71. The highest BCUT2D eigenvalue weighted by Crippen LogP contribution is 2.38. The molecule has 0 fully saturated rings. The number of nitrogens with one attached hydrogen (secondary N) is 1. The van der Waals surface area contributed by atoms with Crippen LogP contribution in [-0.4, -0.2) is 25.7 Å². The Balaban J connectivity index is 1.61. The van der Waals surface area contributed by atoms with Gasteiger partial charge in [0.1, 0.15) is 11.4 Å². The Bertz CT molecular complexity index is 1310. The number of ether oxygens (including phenoxy) is 3. The van der Waals surface area contributed by atoms with Crippen LogP contribution < -0.4 is 24.4 Å². The largest absolute Gasteiger partial charge is 0.497 e. The van der Waals surface area contributed by atoms with Gasteiger partial charge in [0.05, 0.1) is 18.4 Å². The van der Waals surface area contributed by atoms with Gasteiger partial charge in [0.15, 0.2) is 11.5 Å². The molecule has 0 saturated carbocycles. The van der Waals surface area contributed by atoms with Gasteiger partial charge in [0, 0.05) is 11.8 Å². The van der Waals surface area contributed by atoms with Crippen molar-refractivity contribution in [2.45, 2.75) is 13.8 Å². The fraction of sp³-hybridized carbons (Fsp3) is 0.154. The van der Waals surface area contributed by atoms with Crippen LogP contribution in [0.4, 0.5) is 11.4 Å². The van der Waals surface area contributed by atoms with E-state index in [1.54, 1.807) is 49.6 Å². The summed E-state index contributed by atoms with van der Waals surface area (Å²) in [5.74, 6) is 1.07. The second-order valence-electron chi connectivity index (χ2n) is 7.91. The first kappa shape index (κ1) is 20.6. The number of rotatable bonds is 5. The molecule has 33 heavy (non-hydrogen) atoms. The molecule has 166 valence electrons. The monoisotopic (exact) mass is 442 g/mol. The molecule has 3 aromatic carbocycles. The SMILES string of the molecule is COc1ccc(C2=C(Nc3ccc4c(c3)OCO4)C(=O)N(c3cc(C)ccc3C)C2=O)cc1. The van der Waals surface area contributed by atoms with Gasteiger partial charge in [-0.2, -0.15) is 0 Å². The number of carbonyl (C=O) groups is 2. The van der Waals surface area contributed by atoms with Gasteiger partial charge < -0.3 is 19.5 Å². The second-order valence-corrected chi connectivity index (χ2v) is 7.91. The average molecular weight is 442 g/mol. The summed E-state index contributed by atoms with van der Waals surface area (Å²) in [7, 11) is 1.58. The lowest BCUT2D eigenvalue weighted by atomic mass is 10.0. The van der Waals surface area contributed by atoms with Gasteiger partial charge in [0.2, 0.25) is 6.79 Å². The summed E-state index contributed by atoms with van der Waals surface area (Å²) in [5.41, 5.74) is 4.08. The molecule has 3 aromatic rings. The van der Waals surface area contributed by atoms with E-state index < -0.39 is 5.91 Å². The molecule has 0 saturated heterocycles. The number of fused-ring (bicyclic) bond motifs is 1. The third-order valence-corrected chi connectivity index (χ3v) is 5.71. The van der Waals surface area contributed by atoms with Crippen molar-refractivity contribution in [2.24, 2.45) is 0 Å². The number of aryl methyl sites for hydroxylation is 2. The molecule has 7 heteroatoms. The molecule has 0 bridgehead atoms. The van der Waals surface area contributed by atoms with E-state index in [0.717, 1.165) is 11.1 Å². The summed E-state index contributed by atoms with van der Waals surface area (Å²) in [6.07, 6.45) is 0. The zero-order valence-corrected chi connectivity index (χ0v) is 18.5. The van der Waals surface area contributed by atoms with E-state index in [1.165, 1.54) is 4.90 Å².